The Hall–Kier alpha value is -2.00. The predicted molar refractivity (Wildman–Crippen MR) is 117 cm³/mol. The molecule has 0 saturated carbocycles. The Morgan fingerprint density at radius 1 is 1.04 bits per heavy atom. The maximum Gasteiger partial charge on any atom is 0.257 e. The number of benzene rings is 2. The highest BCUT2D eigenvalue weighted by atomic mass is 127. The first-order valence-corrected chi connectivity index (χ1v) is 9.70. The standard InChI is InChI=1S/C19H20IN3O2S/c1-3-23(4-2)18(25)13-8-10-16(11-9-13)21-19(26)22-17(24)14-6-5-7-15(20)12-14/h5-12H,3-4H2,1-2H3,(H2,21,22,24,26). The molecule has 2 aromatic carbocycles. The Labute approximate surface area is 172 Å². The van der Waals surface area contributed by atoms with E-state index >= 15 is 0 Å². The van der Waals surface area contributed by atoms with Gasteiger partial charge in [0.25, 0.3) is 11.8 Å². The maximum absolute atomic E-state index is 12.3. The molecule has 2 N–H and O–H groups in total. The van der Waals surface area contributed by atoms with Gasteiger partial charge in [0.05, 0.1) is 0 Å². The number of thiocarbonyl (C=S) groups is 1. The SMILES string of the molecule is CCN(CC)C(=O)c1ccc(NC(=S)NC(=O)c2cccc(I)c2)cc1. The second kappa shape index (κ2) is 9.63. The molecule has 0 heterocycles. The Morgan fingerprint density at radius 3 is 2.27 bits per heavy atom. The van der Waals surface area contributed by atoms with Gasteiger partial charge in [-0.2, -0.15) is 0 Å². The minimum atomic E-state index is -0.269. The van der Waals surface area contributed by atoms with Gasteiger partial charge in [-0.25, -0.2) is 0 Å². The van der Waals surface area contributed by atoms with Gasteiger partial charge in [-0.3, -0.25) is 14.9 Å². The first-order chi connectivity index (χ1) is 12.4. The minimum absolute atomic E-state index is 0.00360. The van der Waals surface area contributed by atoms with Gasteiger partial charge in [0.15, 0.2) is 5.11 Å². The summed E-state index contributed by atoms with van der Waals surface area (Å²) in [6.45, 7) is 5.24. The number of anilines is 1. The molecule has 26 heavy (non-hydrogen) atoms. The highest BCUT2D eigenvalue weighted by Gasteiger charge is 2.12. The average Bonchev–Trinajstić information content (AvgIpc) is 2.63. The van der Waals surface area contributed by atoms with Crippen LogP contribution in [0.1, 0.15) is 34.6 Å². The Morgan fingerprint density at radius 2 is 1.69 bits per heavy atom. The van der Waals surface area contributed by atoms with Crippen molar-refractivity contribution in [2.75, 3.05) is 18.4 Å². The Kier molecular flexibility index (Phi) is 7.52. The molecule has 0 fully saturated rings. The second-order valence-electron chi connectivity index (χ2n) is 5.47. The van der Waals surface area contributed by atoms with Crippen molar-refractivity contribution in [3.05, 3.63) is 63.2 Å². The van der Waals surface area contributed by atoms with Gasteiger partial charge in [0.1, 0.15) is 0 Å². The molecule has 5 nitrogen and oxygen atoms in total. The average molecular weight is 481 g/mol. The summed E-state index contributed by atoms with van der Waals surface area (Å²) in [5.41, 5.74) is 1.86. The number of halogens is 1. The largest absolute Gasteiger partial charge is 0.339 e. The summed E-state index contributed by atoms with van der Waals surface area (Å²) in [7, 11) is 0. The zero-order valence-electron chi connectivity index (χ0n) is 14.6. The summed E-state index contributed by atoms with van der Waals surface area (Å²) in [6.07, 6.45) is 0. The predicted octanol–water partition coefficient (Wildman–Crippen LogP) is 3.90. The summed E-state index contributed by atoms with van der Waals surface area (Å²) in [6, 6.07) is 14.3. The third-order valence-electron chi connectivity index (χ3n) is 3.75. The van der Waals surface area contributed by atoms with Crippen molar-refractivity contribution < 1.29 is 9.59 Å². The summed E-state index contributed by atoms with van der Waals surface area (Å²) in [5.74, 6) is -0.273. The van der Waals surface area contributed by atoms with Crippen LogP contribution < -0.4 is 10.6 Å². The van der Waals surface area contributed by atoms with Crippen molar-refractivity contribution in [1.82, 2.24) is 10.2 Å². The second-order valence-corrected chi connectivity index (χ2v) is 7.13. The molecule has 0 aromatic heterocycles. The van der Waals surface area contributed by atoms with E-state index in [1.54, 1.807) is 41.3 Å². The van der Waals surface area contributed by atoms with Crippen molar-refractivity contribution in [1.29, 1.82) is 0 Å². The molecule has 2 amide bonds. The molecule has 0 aliphatic heterocycles. The maximum atomic E-state index is 12.3. The fourth-order valence-electron chi connectivity index (χ4n) is 2.36. The molecular weight excluding hydrogens is 461 g/mol. The van der Waals surface area contributed by atoms with E-state index in [0.717, 1.165) is 3.57 Å². The number of carbonyl (C=O) groups excluding carboxylic acids is 2. The van der Waals surface area contributed by atoms with E-state index in [2.05, 4.69) is 33.2 Å². The van der Waals surface area contributed by atoms with Crippen molar-refractivity contribution in [2.45, 2.75) is 13.8 Å². The topological polar surface area (TPSA) is 61.4 Å². The highest BCUT2D eigenvalue weighted by Crippen LogP contribution is 2.12. The van der Waals surface area contributed by atoms with Crippen molar-refractivity contribution >= 4 is 57.4 Å². The smallest absolute Gasteiger partial charge is 0.257 e. The van der Waals surface area contributed by atoms with Gasteiger partial charge >= 0.3 is 0 Å². The number of nitrogens with one attached hydrogen (secondary N) is 2. The van der Waals surface area contributed by atoms with E-state index in [1.807, 2.05) is 26.0 Å². The molecule has 0 aliphatic carbocycles. The molecule has 0 spiro atoms. The van der Waals surface area contributed by atoms with Crippen LogP contribution in [0, 0.1) is 3.57 Å². The summed E-state index contributed by atoms with van der Waals surface area (Å²) in [4.78, 5) is 26.2. The first-order valence-electron chi connectivity index (χ1n) is 8.21. The van der Waals surface area contributed by atoms with Crippen LogP contribution in [-0.4, -0.2) is 34.9 Å². The van der Waals surface area contributed by atoms with Gasteiger partial charge in [0.2, 0.25) is 0 Å². The van der Waals surface area contributed by atoms with E-state index in [0.29, 0.717) is 29.9 Å². The van der Waals surface area contributed by atoms with Gasteiger partial charge in [0, 0.05) is 33.5 Å². The van der Waals surface area contributed by atoms with Crippen LogP contribution in [0.4, 0.5) is 5.69 Å². The zero-order valence-corrected chi connectivity index (χ0v) is 17.6. The van der Waals surface area contributed by atoms with Crippen LogP contribution in [0.15, 0.2) is 48.5 Å². The Balaban J connectivity index is 1.97. The molecule has 136 valence electrons. The highest BCUT2D eigenvalue weighted by molar-refractivity contribution is 14.1. The van der Waals surface area contributed by atoms with Gasteiger partial charge in [-0.1, -0.05) is 6.07 Å². The number of nitrogens with zero attached hydrogens (tertiary/aromatic N) is 1. The molecule has 2 aromatic rings. The third kappa shape index (κ3) is 5.50. The summed E-state index contributed by atoms with van der Waals surface area (Å²) >= 11 is 7.34. The number of hydrogen-bond donors (Lipinski definition) is 2. The lowest BCUT2D eigenvalue weighted by molar-refractivity contribution is 0.0772. The molecule has 2 rings (SSSR count). The fraction of sp³-hybridized carbons (Fsp3) is 0.211. The molecule has 0 aliphatic rings. The van der Waals surface area contributed by atoms with Gasteiger partial charge < -0.3 is 10.2 Å². The van der Waals surface area contributed by atoms with Crippen LogP contribution in [0.2, 0.25) is 0 Å². The molecular formula is C19H20IN3O2S. The molecule has 0 atom stereocenters. The fourth-order valence-corrected chi connectivity index (χ4v) is 3.11. The van der Waals surface area contributed by atoms with Crippen LogP contribution in [0.25, 0.3) is 0 Å². The van der Waals surface area contributed by atoms with E-state index in [-0.39, 0.29) is 16.9 Å². The van der Waals surface area contributed by atoms with Crippen LogP contribution in [-0.2, 0) is 0 Å². The zero-order chi connectivity index (χ0) is 19.1. The van der Waals surface area contributed by atoms with Gasteiger partial charge in [-0.15, -0.1) is 0 Å². The monoisotopic (exact) mass is 481 g/mol. The first kappa shape index (κ1) is 20.3. The van der Waals surface area contributed by atoms with E-state index < -0.39 is 0 Å². The van der Waals surface area contributed by atoms with Crippen molar-refractivity contribution in [3.8, 4) is 0 Å². The van der Waals surface area contributed by atoms with Crippen LogP contribution in [0.5, 0.6) is 0 Å². The lowest BCUT2D eigenvalue weighted by Crippen LogP contribution is -2.34. The molecule has 0 bridgehead atoms. The lowest BCUT2D eigenvalue weighted by atomic mass is 10.2. The number of carbonyl (C=O) groups is 2. The molecule has 0 radical (unpaired) electrons. The van der Waals surface area contributed by atoms with E-state index in [1.165, 1.54) is 0 Å². The molecule has 0 saturated heterocycles. The molecule has 0 unspecified atom stereocenters. The van der Waals surface area contributed by atoms with Crippen molar-refractivity contribution in [3.63, 3.8) is 0 Å². The van der Waals surface area contributed by atoms with Crippen molar-refractivity contribution in [2.24, 2.45) is 0 Å². The third-order valence-corrected chi connectivity index (χ3v) is 4.63. The van der Waals surface area contributed by atoms with Gasteiger partial charge in [-0.05, 0) is 91.1 Å². The summed E-state index contributed by atoms with van der Waals surface area (Å²) < 4.78 is 0.975. The number of amides is 2. The number of rotatable bonds is 5. The summed E-state index contributed by atoms with van der Waals surface area (Å²) in [5, 5.41) is 5.81. The Bertz CT molecular complexity index is 805. The quantitative estimate of drug-likeness (QED) is 0.503. The molecule has 7 heteroatoms. The minimum Gasteiger partial charge on any atom is -0.339 e. The van der Waals surface area contributed by atoms with E-state index in [9.17, 15) is 9.59 Å². The van der Waals surface area contributed by atoms with Crippen LogP contribution in [0.3, 0.4) is 0 Å². The lowest BCUT2D eigenvalue weighted by Gasteiger charge is -2.18. The van der Waals surface area contributed by atoms with E-state index in [4.69, 9.17) is 12.2 Å². The number of hydrogen-bond acceptors (Lipinski definition) is 3. The normalized spacial score (nSPS) is 10.1. The van der Waals surface area contributed by atoms with Crippen LogP contribution >= 0.6 is 34.8 Å².